The zero-order valence-corrected chi connectivity index (χ0v) is 10.1. The molecule has 1 rings (SSSR count). The molecule has 84 valence electrons. The van der Waals surface area contributed by atoms with Crippen molar-refractivity contribution in [3.8, 4) is 0 Å². The van der Waals surface area contributed by atoms with E-state index in [0.717, 1.165) is 12.2 Å². The first-order valence-electron chi connectivity index (χ1n) is 4.82. The maximum Gasteiger partial charge on any atom is 0.257 e. The molecule has 0 aliphatic heterocycles. The second kappa shape index (κ2) is 6.63. The van der Waals surface area contributed by atoms with Crippen LogP contribution in [0, 0.1) is 0 Å². The van der Waals surface area contributed by atoms with E-state index in [2.05, 4.69) is 21.4 Å². The lowest BCUT2D eigenvalue weighted by molar-refractivity contribution is -0.132. The predicted molar refractivity (Wildman–Crippen MR) is 59.5 cm³/mol. The molecule has 4 nitrogen and oxygen atoms in total. The maximum absolute atomic E-state index is 11.2. The van der Waals surface area contributed by atoms with Crippen molar-refractivity contribution in [3.05, 3.63) is 24.2 Å². The number of carbonyl (C=O) groups excluding carboxylic acids is 1. The Bertz CT molecular complexity index is 287. The number of hydroxylamine groups is 1. The summed E-state index contributed by atoms with van der Waals surface area (Å²) in [6.45, 7) is 2.32. The van der Waals surface area contributed by atoms with Crippen LogP contribution in [0.4, 0.5) is 0 Å². The largest absolute Gasteiger partial charge is 0.469 e. The van der Waals surface area contributed by atoms with Crippen LogP contribution in [-0.2, 0) is 16.1 Å². The van der Waals surface area contributed by atoms with Crippen molar-refractivity contribution in [1.82, 2.24) is 5.48 Å². The Morgan fingerprint density at radius 2 is 2.53 bits per heavy atom. The molecule has 0 radical (unpaired) electrons. The van der Waals surface area contributed by atoms with Crippen LogP contribution in [0.1, 0.15) is 19.1 Å². The zero-order chi connectivity index (χ0) is 11.1. The summed E-state index contributed by atoms with van der Waals surface area (Å²) in [5.41, 5.74) is 2.37. The van der Waals surface area contributed by atoms with Gasteiger partial charge < -0.3 is 4.42 Å². The van der Waals surface area contributed by atoms with Gasteiger partial charge in [0.25, 0.3) is 5.91 Å². The first-order valence-corrected chi connectivity index (χ1v) is 5.73. The Balaban J connectivity index is 2.09. The van der Waals surface area contributed by atoms with Crippen LogP contribution in [0.15, 0.2) is 22.8 Å². The monoisotopic (exact) mass is 275 g/mol. The first-order chi connectivity index (χ1) is 7.24. The maximum atomic E-state index is 11.2. The third-order valence-corrected chi connectivity index (χ3v) is 2.91. The van der Waals surface area contributed by atoms with E-state index in [1.54, 1.807) is 6.26 Å². The molecule has 1 amide bonds. The van der Waals surface area contributed by atoms with Gasteiger partial charge in [0.15, 0.2) is 0 Å². The van der Waals surface area contributed by atoms with Crippen LogP contribution in [0.5, 0.6) is 0 Å². The Labute approximate surface area is 97.1 Å². The van der Waals surface area contributed by atoms with Gasteiger partial charge in [0.2, 0.25) is 0 Å². The average Bonchev–Trinajstić information content (AvgIpc) is 2.75. The average molecular weight is 276 g/mol. The minimum atomic E-state index is -0.193. The third-order valence-electron chi connectivity index (χ3n) is 1.85. The van der Waals surface area contributed by atoms with E-state index < -0.39 is 0 Å². The number of alkyl halides is 1. The van der Waals surface area contributed by atoms with Gasteiger partial charge in [-0.2, -0.15) is 0 Å². The normalized spacial score (nSPS) is 12.4. The van der Waals surface area contributed by atoms with Gasteiger partial charge in [-0.25, -0.2) is 5.48 Å². The number of carbonyl (C=O) groups is 1. The quantitative estimate of drug-likeness (QED) is 0.491. The molecule has 0 aromatic carbocycles. The van der Waals surface area contributed by atoms with Crippen LogP contribution in [0.3, 0.4) is 0 Å². The van der Waals surface area contributed by atoms with E-state index >= 15 is 0 Å². The fourth-order valence-corrected chi connectivity index (χ4v) is 1.07. The molecular formula is C10H14BrNO3. The number of nitrogens with one attached hydrogen (secondary N) is 1. The van der Waals surface area contributed by atoms with Crippen molar-refractivity contribution in [1.29, 1.82) is 0 Å². The van der Waals surface area contributed by atoms with Crippen LogP contribution < -0.4 is 5.48 Å². The Morgan fingerprint density at radius 3 is 3.13 bits per heavy atom. The van der Waals surface area contributed by atoms with Crippen LogP contribution in [-0.4, -0.2) is 17.3 Å². The SMILES string of the molecule is CCC(Br)C(=O)NOCCc1ccco1. The van der Waals surface area contributed by atoms with Gasteiger partial charge in [-0.05, 0) is 18.6 Å². The number of amides is 1. The van der Waals surface area contributed by atoms with Gasteiger partial charge in [-0.1, -0.05) is 22.9 Å². The summed E-state index contributed by atoms with van der Waals surface area (Å²) in [7, 11) is 0. The van der Waals surface area contributed by atoms with E-state index in [4.69, 9.17) is 9.25 Å². The van der Waals surface area contributed by atoms with Gasteiger partial charge in [0.1, 0.15) is 5.76 Å². The minimum absolute atomic E-state index is 0.156. The second-order valence-corrected chi connectivity index (χ2v) is 4.13. The third kappa shape index (κ3) is 4.48. The van der Waals surface area contributed by atoms with Crippen molar-refractivity contribution < 1.29 is 14.0 Å². The summed E-state index contributed by atoms with van der Waals surface area (Å²) in [5.74, 6) is 0.687. The van der Waals surface area contributed by atoms with Gasteiger partial charge in [0.05, 0.1) is 17.7 Å². The molecule has 15 heavy (non-hydrogen) atoms. The summed E-state index contributed by atoms with van der Waals surface area (Å²) in [4.78, 5) is 16.0. The zero-order valence-electron chi connectivity index (χ0n) is 8.53. The summed E-state index contributed by atoms with van der Waals surface area (Å²) >= 11 is 3.22. The summed E-state index contributed by atoms with van der Waals surface area (Å²) in [6.07, 6.45) is 2.99. The molecular weight excluding hydrogens is 262 g/mol. The summed E-state index contributed by atoms with van der Waals surface area (Å²) in [6, 6.07) is 3.68. The highest BCUT2D eigenvalue weighted by Crippen LogP contribution is 2.04. The highest BCUT2D eigenvalue weighted by Gasteiger charge is 2.11. The van der Waals surface area contributed by atoms with Crippen molar-refractivity contribution in [3.63, 3.8) is 0 Å². The molecule has 5 heteroatoms. The van der Waals surface area contributed by atoms with E-state index in [-0.39, 0.29) is 10.7 Å². The molecule has 1 aromatic rings. The van der Waals surface area contributed by atoms with E-state index in [1.165, 1.54) is 0 Å². The molecule has 0 aliphatic carbocycles. The molecule has 1 atom stereocenters. The van der Waals surface area contributed by atoms with Crippen LogP contribution in [0.25, 0.3) is 0 Å². The molecule has 0 saturated heterocycles. The van der Waals surface area contributed by atoms with Crippen LogP contribution >= 0.6 is 15.9 Å². The lowest BCUT2D eigenvalue weighted by atomic mass is 10.3. The predicted octanol–water partition coefficient (Wildman–Crippen LogP) is 2.04. The molecule has 0 bridgehead atoms. The molecule has 0 fully saturated rings. The highest BCUT2D eigenvalue weighted by molar-refractivity contribution is 9.10. The fraction of sp³-hybridized carbons (Fsp3) is 0.500. The molecule has 1 unspecified atom stereocenters. The van der Waals surface area contributed by atoms with E-state index in [9.17, 15) is 4.79 Å². The Morgan fingerprint density at radius 1 is 1.73 bits per heavy atom. The summed E-state index contributed by atoms with van der Waals surface area (Å²) in [5, 5.41) is 0. The first kappa shape index (κ1) is 12.3. The van der Waals surface area contributed by atoms with Gasteiger partial charge in [-0.3, -0.25) is 9.63 Å². The highest BCUT2D eigenvalue weighted by atomic mass is 79.9. The number of furan rings is 1. The molecule has 1 N–H and O–H groups in total. The molecule has 0 saturated carbocycles. The number of hydrogen-bond acceptors (Lipinski definition) is 3. The van der Waals surface area contributed by atoms with Gasteiger partial charge >= 0.3 is 0 Å². The van der Waals surface area contributed by atoms with Crippen molar-refractivity contribution in [2.45, 2.75) is 24.6 Å². The second-order valence-electron chi connectivity index (χ2n) is 3.02. The summed E-state index contributed by atoms with van der Waals surface area (Å²) < 4.78 is 5.11. The van der Waals surface area contributed by atoms with Crippen molar-refractivity contribution in [2.24, 2.45) is 0 Å². The fourth-order valence-electron chi connectivity index (χ4n) is 0.978. The Kier molecular flexibility index (Phi) is 5.42. The molecule has 1 aromatic heterocycles. The smallest absolute Gasteiger partial charge is 0.257 e. The lowest BCUT2D eigenvalue weighted by Gasteiger charge is -2.07. The van der Waals surface area contributed by atoms with E-state index in [1.807, 2.05) is 19.1 Å². The lowest BCUT2D eigenvalue weighted by Crippen LogP contribution is -2.31. The van der Waals surface area contributed by atoms with Crippen molar-refractivity contribution >= 4 is 21.8 Å². The number of rotatable bonds is 6. The van der Waals surface area contributed by atoms with Crippen LogP contribution in [0.2, 0.25) is 0 Å². The number of hydrogen-bond donors (Lipinski definition) is 1. The Hall–Kier alpha value is -0.810. The van der Waals surface area contributed by atoms with Gasteiger partial charge in [0, 0.05) is 6.42 Å². The molecule has 0 spiro atoms. The molecule has 0 aliphatic rings. The topological polar surface area (TPSA) is 51.5 Å². The standard InChI is InChI=1S/C10H14BrNO3/c1-2-9(11)10(13)12-15-7-5-8-4-3-6-14-8/h3-4,6,9H,2,5,7H2,1H3,(H,12,13). The molecule has 1 heterocycles. The van der Waals surface area contributed by atoms with Crippen molar-refractivity contribution in [2.75, 3.05) is 6.61 Å². The minimum Gasteiger partial charge on any atom is -0.469 e. The van der Waals surface area contributed by atoms with Gasteiger partial charge in [-0.15, -0.1) is 0 Å². The number of halogens is 1. The van der Waals surface area contributed by atoms with E-state index in [0.29, 0.717) is 13.0 Å².